The predicted molar refractivity (Wildman–Crippen MR) is 51.3 cm³/mol. The first-order valence-electron chi connectivity index (χ1n) is 4.83. The van der Waals surface area contributed by atoms with Gasteiger partial charge in [-0.3, -0.25) is 4.90 Å². The first-order valence-corrected chi connectivity index (χ1v) is 4.83. The number of aromatic amines is 1. The highest BCUT2D eigenvalue weighted by atomic mass is 16.3. The Balaban J connectivity index is 1.84. The Bertz CT molecular complexity index is 245. The summed E-state index contributed by atoms with van der Waals surface area (Å²) in [5, 5.41) is 8.98. The van der Waals surface area contributed by atoms with Crippen LogP contribution in [0.4, 0.5) is 0 Å². The molecule has 1 atom stereocenters. The molecule has 1 aromatic heterocycles. The number of nitrogens with zero attached hydrogens (tertiary/aromatic N) is 1. The highest BCUT2D eigenvalue weighted by Gasteiger charge is 2.21. The molecule has 0 bridgehead atoms. The lowest BCUT2D eigenvalue weighted by atomic mass is 10.1. The van der Waals surface area contributed by atoms with Crippen molar-refractivity contribution in [3.8, 4) is 0 Å². The fraction of sp³-hybridized carbons (Fsp3) is 0.600. The Labute approximate surface area is 78.4 Å². The van der Waals surface area contributed by atoms with E-state index in [1.165, 1.54) is 5.56 Å². The van der Waals surface area contributed by atoms with Crippen LogP contribution < -0.4 is 0 Å². The third-order valence-corrected chi connectivity index (χ3v) is 2.70. The fourth-order valence-corrected chi connectivity index (χ4v) is 1.92. The van der Waals surface area contributed by atoms with Crippen LogP contribution in [-0.4, -0.2) is 34.7 Å². The van der Waals surface area contributed by atoms with E-state index in [1.54, 1.807) is 0 Å². The average molecular weight is 180 g/mol. The SMILES string of the molecule is OCC1CCN(Cc2cc[nH]c2)C1. The van der Waals surface area contributed by atoms with Gasteiger partial charge in [0.15, 0.2) is 0 Å². The second kappa shape index (κ2) is 3.94. The van der Waals surface area contributed by atoms with E-state index >= 15 is 0 Å². The fourth-order valence-electron chi connectivity index (χ4n) is 1.92. The van der Waals surface area contributed by atoms with E-state index in [9.17, 15) is 0 Å². The van der Waals surface area contributed by atoms with Gasteiger partial charge in [0.2, 0.25) is 0 Å². The summed E-state index contributed by atoms with van der Waals surface area (Å²) in [5.41, 5.74) is 1.33. The molecule has 1 aliphatic rings. The molecule has 0 spiro atoms. The zero-order valence-corrected chi connectivity index (χ0v) is 7.74. The number of hydrogen-bond donors (Lipinski definition) is 2. The van der Waals surface area contributed by atoms with Crippen LogP contribution in [0.3, 0.4) is 0 Å². The second-order valence-electron chi connectivity index (χ2n) is 3.79. The average Bonchev–Trinajstić information content (AvgIpc) is 2.76. The van der Waals surface area contributed by atoms with Crippen LogP contribution in [0.2, 0.25) is 0 Å². The molecule has 0 amide bonds. The lowest BCUT2D eigenvalue weighted by molar-refractivity contribution is 0.220. The van der Waals surface area contributed by atoms with Gasteiger partial charge in [0, 0.05) is 32.1 Å². The number of aromatic nitrogens is 1. The van der Waals surface area contributed by atoms with Gasteiger partial charge in [0.1, 0.15) is 0 Å². The van der Waals surface area contributed by atoms with Crippen molar-refractivity contribution < 1.29 is 5.11 Å². The number of nitrogens with one attached hydrogen (secondary N) is 1. The molecule has 0 aromatic carbocycles. The summed E-state index contributed by atoms with van der Waals surface area (Å²) in [6.07, 6.45) is 5.13. The molecule has 0 aliphatic carbocycles. The Morgan fingerprint density at radius 2 is 2.54 bits per heavy atom. The lowest BCUT2D eigenvalue weighted by Crippen LogP contribution is -2.20. The standard InChI is InChI=1S/C10H16N2O/c13-8-10-2-4-12(7-10)6-9-1-3-11-5-9/h1,3,5,10-11,13H,2,4,6-8H2. The molecule has 2 N–H and O–H groups in total. The summed E-state index contributed by atoms with van der Waals surface area (Å²) >= 11 is 0. The smallest absolute Gasteiger partial charge is 0.0471 e. The molecule has 2 heterocycles. The largest absolute Gasteiger partial charge is 0.396 e. The molecule has 3 heteroatoms. The number of aliphatic hydroxyl groups excluding tert-OH is 1. The van der Waals surface area contributed by atoms with Crippen molar-refractivity contribution in [1.29, 1.82) is 0 Å². The third kappa shape index (κ3) is 2.11. The molecule has 0 saturated carbocycles. The van der Waals surface area contributed by atoms with E-state index in [4.69, 9.17) is 5.11 Å². The van der Waals surface area contributed by atoms with Crippen LogP contribution in [-0.2, 0) is 6.54 Å². The Morgan fingerprint density at radius 1 is 1.62 bits per heavy atom. The van der Waals surface area contributed by atoms with Crippen molar-refractivity contribution in [2.24, 2.45) is 5.92 Å². The van der Waals surface area contributed by atoms with Gasteiger partial charge in [-0.1, -0.05) is 0 Å². The molecule has 1 aromatic rings. The maximum Gasteiger partial charge on any atom is 0.0471 e. The molecule has 1 saturated heterocycles. The van der Waals surface area contributed by atoms with Crippen LogP contribution in [0.15, 0.2) is 18.5 Å². The molecule has 0 radical (unpaired) electrons. The van der Waals surface area contributed by atoms with Crippen molar-refractivity contribution in [2.45, 2.75) is 13.0 Å². The van der Waals surface area contributed by atoms with Crippen LogP contribution in [0.25, 0.3) is 0 Å². The van der Waals surface area contributed by atoms with Crippen molar-refractivity contribution in [3.05, 3.63) is 24.0 Å². The Kier molecular flexibility index (Phi) is 2.66. The van der Waals surface area contributed by atoms with Gasteiger partial charge in [0.05, 0.1) is 0 Å². The molecule has 1 aliphatic heterocycles. The summed E-state index contributed by atoms with van der Waals surface area (Å²) < 4.78 is 0. The van der Waals surface area contributed by atoms with Gasteiger partial charge in [-0.2, -0.15) is 0 Å². The van der Waals surface area contributed by atoms with E-state index in [2.05, 4.69) is 16.0 Å². The topological polar surface area (TPSA) is 39.3 Å². The van der Waals surface area contributed by atoms with Crippen LogP contribution in [0, 0.1) is 5.92 Å². The lowest BCUT2D eigenvalue weighted by Gasteiger charge is -2.13. The zero-order valence-electron chi connectivity index (χ0n) is 7.74. The van der Waals surface area contributed by atoms with Gasteiger partial charge in [-0.15, -0.1) is 0 Å². The minimum atomic E-state index is 0.337. The van der Waals surface area contributed by atoms with Crippen LogP contribution in [0.5, 0.6) is 0 Å². The van der Waals surface area contributed by atoms with E-state index in [1.807, 2.05) is 12.4 Å². The minimum Gasteiger partial charge on any atom is -0.396 e. The summed E-state index contributed by atoms with van der Waals surface area (Å²) in [4.78, 5) is 5.45. The molecular weight excluding hydrogens is 164 g/mol. The first kappa shape index (κ1) is 8.78. The van der Waals surface area contributed by atoms with Gasteiger partial charge in [-0.25, -0.2) is 0 Å². The van der Waals surface area contributed by atoms with Crippen molar-refractivity contribution in [1.82, 2.24) is 9.88 Å². The van der Waals surface area contributed by atoms with Gasteiger partial charge < -0.3 is 10.1 Å². The summed E-state index contributed by atoms with van der Waals surface area (Å²) in [6, 6.07) is 2.10. The maximum absolute atomic E-state index is 8.98. The maximum atomic E-state index is 8.98. The Hall–Kier alpha value is -0.800. The van der Waals surface area contributed by atoms with Gasteiger partial charge in [-0.05, 0) is 30.5 Å². The van der Waals surface area contributed by atoms with Gasteiger partial charge in [0.25, 0.3) is 0 Å². The number of likely N-dealkylation sites (tertiary alicyclic amines) is 1. The quantitative estimate of drug-likeness (QED) is 0.723. The third-order valence-electron chi connectivity index (χ3n) is 2.70. The number of hydrogen-bond acceptors (Lipinski definition) is 2. The molecular formula is C10H16N2O. The van der Waals surface area contributed by atoms with E-state index in [0.717, 1.165) is 26.1 Å². The molecule has 1 unspecified atom stereocenters. The van der Waals surface area contributed by atoms with Crippen molar-refractivity contribution >= 4 is 0 Å². The minimum absolute atomic E-state index is 0.337. The monoisotopic (exact) mass is 180 g/mol. The van der Waals surface area contributed by atoms with Crippen LogP contribution >= 0.6 is 0 Å². The van der Waals surface area contributed by atoms with E-state index < -0.39 is 0 Å². The normalized spacial score (nSPS) is 23.9. The summed E-state index contributed by atoms with van der Waals surface area (Å²) in [5.74, 6) is 0.499. The van der Waals surface area contributed by atoms with Crippen LogP contribution in [0.1, 0.15) is 12.0 Å². The highest BCUT2D eigenvalue weighted by molar-refractivity contribution is 5.08. The van der Waals surface area contributed by atoms with Crippen molar-refractivity contribution in [3.63, 3.8) is 0 Å². The molecule has 13 heavy (non-hydrogen) atoms. The molecule has 1 fully saturated rings. The molecule has 2 rings (SSSR count). The first-order chi connectivity index (χ1) is 6.38. The number of aliphatic hydroxyl groups is 1. The summed E-state index contributed by atoms with van der Waals surface area (Å²) in [7, 11) is 0. The van der Waals surface area contributed by atoms with Crippen molar-refractivity contribution in [2.75, 3.05) is 19.7 Å². The van der Waals surface area contributed by atoms with E-state index in [0.29, 0.717) is 12.5 Å². The summed E-state index contributed by atoms with van der Waals surface area (Å²) in [6.45, 7) is 3.52. The highest BCUT2D eigenvalue weighted by Crippen LogP contribution is 2.17. The zero-order chi connectivity index (χ0) is 9.10. The predicted octanol–water partition coefficient (Wildman–Crippen LogP) is 0.829. The molecule has 72 valence electrons. The number of rotatable bonds is 3. The second-order valence-corrected chi connectivity index (χ2v) is 3.79. The number of H-pyrrole nitrogens is 1. The molecule has 3 nitrogen and oxygen atoms in total. The van der Waals surface area contributed by atoms with E-state index in [-0.39, 0.29) is 0 Å². The van der Waals surface area contributed by atoms with Gasteiger partial charge >= 0.3 is 0 Å². The Morgan fingerprint density at radius 3 is 3.15 bits per heavy atom.